The zero-order valence-corrected chi connectivity index (χ0v) is 10.6. The summed E-state index contributed by atoms with van der Waals surface area (Å²) in [6.07, 6.45) is 0.784. The first-order valence-electron chi connectivity index (χ1n) is 5.54. The normalized spacial score (nSPS) is 19.3. The third kappa shape index (κ3) is 2.56. The number of ether oxygens (including phenoxy) is 1. The number of benzene rings is 1. The first-order valence-corrected chi connectivity index (χ1v) is 5.92. The van der Waals surface area contributed by atoms with Crippen molar-refractivity contribution in [2.75, 3.05) is 12.4 Å². The van der Waals surface area contributed by atoms with Crippen molar-refractivity contribution in [1.29, 1.82) is 0 Å². The molecule has 1 atom stereocenters. The molecule has 18 heavy (non-hydrogen) atoms. The lowest BCUT2D eigenvalue weighted by molar-refractivity contribution is -0.133. The Kier molecular flexibility index (Phi) is 3.72. The molecule has 1 aromatic carbocycles. The van der Waals surface area contributed by atoms with Gasteiger partial charge < -0.3 is 10.1 Å². The number of imide groups is 1. The predicted molar refractivity (Wildman–Crippen MR) is 67.8 cm³/mol. The molecule has 0 saturated carbocycles. The molecule has 0 aliphatic carbocycles. The predicted octanol–water partition coefficient (Wildman–Crippen LogP) is 1.57. The van der Waals surface area contributed by atoms with Gasteiger partial charge in [0.1, 0.15) is 6.04 Å². The van der Waals surface area contributed by atoms with E-state index in [0.717, 1.165) is 0 Å². The number of anilines is 1. The molecule has 0 bridgehead atoms. The maximum Gasteiger partial charge on any atom is 0.249 e. The Bertz CT molecular complexity index is 490. The maximum absolute atomic E-state index is 11.6. The highest BCUT2D eigenvalue weighted by Crippen LogP contribution is 2.33. The van der Waals surface area contributed by atoms with Crippen molar-refractivity contribution >= 4 is 29.1 Å². The lowest BCUT2D eigenvalue weighted by Gasteiger charge is -2.23. The van der Waals surface area contributed by atoms with E-state index in [1.807, 2.05) is 0 Å². The molecule has 0 aromatic heterocycles. The molecule has 0 spiro atoms. The molecule has 6 heteroatoms. The van der Waals surface area contributed by atoms with Gasteiger partial charge in [-0.3, -0.25) is 14.9 Å². The van der Waals surface area contributed by atoms with E-state index >= 15 is 0 Å². The summed E-state index contributed by atoms with van der Waals surface area (Å²) >= 11 is 5.99. The molecule has 0 radical (unpaired) electrons. The first kappa shape index (κ1) is 12.7. The molecule has 1 aliphatic rings. The first-order chi connectivity index (χ1) is 8.61. The number of carbonyl (C=O) groups excluding carboxylic acids is 2. The lowest BCUT2D eigenvalue weighted by atomic mass is 10.1. The van der Waals surface area contributed by atoms with Gasteiger partial charge in [0.2, 0.25) is 11.8 Å². The van der Waals surface area contributed by atoms with Crippen molar-refractivity contribution in [3.8, 4) is 5.75 Å². The van der Waals surface area contributed by atoms with E-state index < -0.39 is 6.04 Å². The Balaban J connectivity index is 2.17. The number of carbonyl (C=O) groups is 2. The molecule has 1 aromatic rings. The number of halogens is 1. The van der Waals surface area contributed by atoms with Gasteiger partial charge in [-0.05, 0) is 18.6 Å². The van der Waals surface area contributed by atoms with Crippen LogP contribution in [0.25, 0.3) is 0 Å². The third-order valence-corrected chi connectivity index (χ3v) is 3.04. The van der Waals surface area contributed by atoms with E-state index in [1.54, 1.807) is 18.2 Å². The third-order valence-electron chi connectivity index (χ3n) is 2.74. The molecule has 1 aliphatic heterocycles. The van der Waals surface area contributed by atoms with Crippen LogP contribution in [-0.2, 0) is 9.59 Å². The van der Waals surface area contributed by atoms with Gasteiger partial charge in [0.05, 0.1) is 17.8 Å². The number of hydrogen-bond acceptors (Lipinski definition) is 4. The molecular formula is C12H13ClN2O3. The van der Waals surface area contributed by atoms with Gasteiger partial charge in [0, 0.05) is 6.42 Å². The zero-order chi connectivity index (χ0) is 13.1. The largest absolute Gasteiger partial charge is 0.493 e. The molecule has 5 nitrogen and oxygen atoms in total. The highest BCUT2D eigenvalue weighted by Gasteiger charge is 2.27. The van der Waals surface area contributed by atoms with Crippen LogP contribution in [0.15, 0.2) is 18.2 Å². The maximum atomic E-state index is 11.6. The fourth-order valence-corrected chi connectivity index (χ4v) is 2.10. The van der Waals surface area contributed by atoms with Crippen LogP contribution in [0.4, 0.5) is 5.69 Å². The minimum Gasteiger partial charge on any atom is -0.493 e. The lowest BCUT2D eigenvalue weighted by Crippen LogP contribution is -2.47. The summed E-state index contributed by atoms with van der Waals surface area (Å²) in [5.41, 5.74) is 0.638. The van der Waals surface area contributed by atoms with Crippen molar-refractivity contribution in [2.24, 2.45) is 0 Å². The van der Waals surface area contributed by atoms with Crippen LogP contribution in [0, 0.1) is 0 Å². The van der Waals surface area contributed by atoms with Crippen LogP contribution in [0.2, 0.25) is 5.02 Å². The van der Waals surface area contributed by atoms with Crippen molar-refractivity contribution < 1.29 is 14.3 Å². The van der Waals surface area contributed by atoms with Crippen molar-refractivity contribution in [3.63, 3.8) is 0 Å². The Morgan fingerprint density at radius 1 is 1.44 bits per heavy atom. The average molecular weight is 269 g/mol. The van der Waals surface area contributed by atoms with Crippen LogP contribution < -0.4 is 15.4 Å². The Hall–Kier alpha value is -1.75. The van der Waals surface area contributed by atoms with Crippen molar-refractivity contribution in [2.45, 2.75) is 18.9 Å². The van der Waals surface area contributed by atoms with Gasteiger partial charge in [-0.25, -0.2) is 0 Å². The van der Waals surface area contributed by atoms with E-state index in [1.165, 1.54) is 7.11 Å². The molecule has 96 valence electrons. The molecule has 2 rings (SSSR count). The number of amides is 2. The second-order valence-electron chi connectivity index (χ2n) is 3.97. The Morgan fingerprint density at radius 2 is 2.22 bits per heavy atom. The van der Waals surface area contributed by atoms with E-state index in [0.29, 0.717) is 29.3 Å². The second-order valence-corrected chi connectivity index (χ2v) is 4.38. The topological polar surface area (TPSA) is 67.4 Å². The van der Waals surface area contributed by atoms with Crippen LogP contribution >= 0.6 is 11.6 Å². The second kappa shape index (κ2) is 5.27. The summed E-state index contributed by atoms with van der Waals surface area (Å²) in [4.78, 5) is 22.7. The fourth-order valence-electron chi connectivity index (χ4n) is 1.85. The summed E-state index contributed by atoms with van der Waals surface area (Å²) in [6.45, 7) is 0. The van der Waals surface area contributed by atoms with E-state index in [9.17, 15) is 9.59 Å². The number of methoxy groups -OCH3 is 1. The highest BCUT2D eigenvalue weighted by atomic mass is 35.5. The Morgan fingerprint density at radius 3 is 2.89 bits per heavy atom. The standard InChI is InChI=1S/C12H13ClN2O3/c1-18-11-7(13)3-2-4-8(11)14-9-5-6-10(16)15-12(9)17/h2-4,9,14H,5-6H2,1H3,(H,15,16,17). The highest BCUT2D eigenvalue weighted by molar-refractivity contribution is 6.32. The summed E-state index contributed by atoms with van der Waals surface area (Å²) in [6, 6.07) is 4.79. The average Bonchev–Trinajstić information content (AvgIpc) is 2.33. The molecule has 1 unspecified atom stereocenters. The van der Waals surface area contributed by atoms with Gasteiger partial charge in [-0.15, -0.1) is 0 Å². The summed E-state index contributed by atoms with van der Waals surface area (Å²) in [5, 5.41) is 5.79. The molecule has 1 heterocycles. The number of nitrogens with one attached hydrogen (secondary N) is 2. The summed E-state index contributed by atoms with van der Waals surface area (Å²) in [7, 11) is 1.51. The number of rotatable bonds is 3. The number of para-hydroxylation sites is 1. The van der Waals surface area contributed by atoms with Crippen LogP contribution in [0.5, 0.6) is 5.75 Å². The van der Waals surface area contributed by atoms with E-state index in [2.05, 4.69) is 10.6 Å². The Labute approximate surface area is 109 Å². The van der Waals surface area contributed by atoms with Gasteiger partial charge in [-0.2, -0.15) is 0 Å². The van der Waals surface area contributed by atoms with Gasteiger partial charge in [0.25, 0.3) is 0 Å². The van der Waals surface area contributed by atoms with Crippen LogP contribution in [0.3, 0.4) is 0 Å². The van der Waals surface area contributed by atoms with E-state index in [-0.39, 0.29) is 11.8 Å². The zero-order valence-electron chi connectivity index (χ0n) is 9.83. The molecular weight excluding hydrogens is 256 g/mol. The van der Waals surface area contributed by atoms with Crippen LogP contribution in [-0.4, -0.2) is 25.0 Å². The number of piperidine rings is 1. The molecule has 1 saturated heterocycles. The van der Waals surface area contributed by atoms with Gasteiger partial charge in [0.15, 0.2) is 5.75 Å². The minimum atomic E-state index is -0.449. The van der Waals surface area contributed by atoms with Crippen LogP contribution in [0.1, 0.15) is 12.8 Å². The van der Waals surface area contributed by atoms with Crippen molar-refractivity contribution in [1.82, 2.24) is 5.32 Å². The molecule has 1 fully saturated rings. The quantitative estimate of drug-likeness (QED) is 0.817. The summed E-state index contributed by atoms with van der Waals surface area (Å²) in [5.74, 6) is -0.0757. The minimum absolute atomic E-state index is 0.240. The summed E-state index contributed by atoms with van der Waals surface area (Å²) < 4.78 is 5.18. The number of hydrogen-bond donors (Lipinski definition) is 2. The molecule has 2 amide bonds. The smallest absolute Gasteiger partial charge is 0.249 e. The molecule has 2 N–H and O–H groups in total. The monoisotopic (exact) mass is 268 g/mol. The van der Waals surface area contributed by atoms with E-state index in [4.69, 9.17) is 16.3 Å². The van der Waals surface area contributed by atoms with Gasteiger partial charge in [-0.1, -0.05) is 17.7 Å². The fraction of sp³-hybridized carbons (Fsp3) is 0.333. The SMILES string of the molecule is COc1c(Cl)cccc1NC1CCC(=O)NC1=O. The van der Waals surface area contributed by atoms with Crippen molar-refractivity contribution in [3.05, 3.63) is 23.2 Å². The van der Waals surface area contributed by atoms with Gasteiger partial charge >= 0.3 is 0 Å².